The first kappa shape index (κ1) is 13.3. The van der Waals surface area contributed by atoms with Crippen LogP contribution in [0.3, 0.4) is 0 Å². The van der Waals surface area contributed by atoms with Gasteiger partial charge < -0.3 is 10.1 Å². The maximum Gasteiger partial charge on any atom is 0.261 e. The number of fused-ring (bicyclic) bond motifs is 2. The molecule has 2 heterocycles. The van der Waals surface area contributed by atoms with E-state index in [0.29, 0.717) is 13.0 Å². The number of para-hydroxylation sites is 2. The molecule has 22 heavy (non-hydrogen) atoms. The third-order valence-corrected chi connectivity index (χ3v) is 4.73. The van der Waals surface area contributed by atoms with Crippen LogP contribution < -0.4 is 10.1 Å². The minimum Gasteiger partial charge on any atom is -0.480 e. The summed E-state index contributed by atoms with van der Waals surface area (Å²) in [4.78, 5) is 16.8. The highest BCUT2D eigenvalue weighted by molar-refractivity contribution is 7.18. The fourth-order valence-electron chi connectivity index (χ4n) is 2.60. The van der Waals surface area contributed by atoms with Gasteiger partial charge in [0, 0.05) is 6.42 Å². The van der Waals surface area contributed by atoms with Gasteiger partial charge in [-0.25, -0.2) is 4.98 Å². The number of ether oxygens (including phenoxy) is 1. The summed E-state index contributed by atoms with van der Waals surface area (Å²) in [6.07, 6.45) is 0.189. The molecule has 0 saturated heterocycles. The van der Waals surface area contributed by atoms with Crippen molar-refractivity contribution < 1.29 is 9.53 Å². The Morgan fingerprint density at radius 1 is 1.23 bits per heavy atom. The zero-order chi connectivity index (χ0) is 14.9. The number of carbonyl (C=O) groups excluding carboxylic acids is 1. The van der Waals surface area contributed by atoms with Gasteiger partial charge in [-0.05, 0) is 23.8 Å². The number of carbonyl (C=O) groups is 1. The SMILES string of the molecule is O=C(NCc1nc2ccccc2s1)C1Cc2ccccc2O1. The van der Waals surface area contributed by atoms with Crippen molar-refractivity contribution >= 4 is 27.5 Å². The Bertz CT molecular complexity index is 785. The number of nitrogens with zero attached hydrogens (tertiary/aromatic N) is 1. The summed E-state index contributed by atoms with van der Waals surface area (Å²) in [7, 11) is 0. The molecule has 0 saturated carbocycles. The fraction of sp³-hybridized carbons (Fsp3) is 0.176. The van der Waals surface area contributed by atoms with E-state index in [1.165, 1.54) is 0 Å². The van der Waals surface area contributed by atoms with E-state index in [1.54, 1.807) is 11.3 Å². The van der Waals surface area contributed by atoms with Crippen molar-refractivity contribution in [2.75, 3.05) is 0 Å². The van der Waals surface area contributed by atoms with Crippen molar-refractivity contribution in [1.82, 2.24) is 10.3 Å². The van der Waals surface area contributed by atoms with E-state index >= 15 is 0 Å². The Morgan fingerprint density at radius 3 is 2.91 bits per heavy atom. The van der Waals surface area contributed by atoms with Gasteiger partial charge in [-0.1, -0.05) is 30.3 Å². The minimum absolute atomic E-state index is 0.0875. The standard InChI is InChI=1S/C17H14N2O2S/c20-17(14-9-11-5-1-3-7-13(11)21-14)18-10-16-19-12-6-2-4-8-15(12)22-16/h1-8,14H,9-10H2,(H,18,20). The normalized spacial score (nSPS) is 16.3. The number of nitrogens with one attached hydrogen (secondary N) is 1. The van der Waals surface area contributed by atoms with Gasteiger partial charge in [0.15, 0.2) is 6.10 Å². The third-order valence-electron chi connectivity index (χ3n) is 3.69. The average molecular weight is 310 g/mol. The molecule has 110 valence electrons. The van der Waals surface area contributed by atoms with Crippen LogP contribution in [0.5, 0.6) is 5.75 Å². The lowest BCUT2D eigenvalue weighted by Crippen LogP contribution is -2.36. The first-order valence-electron chi connectivity index (χ1n) is 7.16. The lowest BCUT2D eigenvalue weighted by atomic mass is 10.1. The van der Waals surface area contributed by atoms with E-state index in [0.717, 1.165) is 26.5 Å². The third kappa shape index (κ3) is 2.44. The number of hydrogen-bond acceptors (Lipinski definition) is 4. The molecule has 4 rings (SSSR count). The largest absolute Gasteiger partial charge is 0.480 e. The summed E-state index contributed by atoms with van der Waals surface area (Å²) < 4.78 is 6.82. The van der Waals surface area contributed by atoms with Crippen LogP contribution in [-0.4, -0.2) is 17.0 Å². The lowest BCUT2D eigenvalue weighted by Gasteiger charge is -2.10. The quantitative estimate of drug-likeness (QED) is 0.809. The zero-order valence-corrected chi connectivity index (χ0v) is 12.6. The Morgan fingerprint density at radius 2 is 2.05 bits per heavy atom. The van der Waals surface area contributed by atoms with Crippen LogP contribution in [0.4, 0.5) is 0 Å². The highest BCUT2D eigenvalue weighted by atomic mass is 32.1. The topological polar surface area (TPSA) is 51.2 Å². The highest BCUT2D eigenvalue weighted by Crippen LogP contribution is 2.28. The Hall–Kier alpha value is -2.40. The summed E-state index contributed by atoms with van der Waals surface area (Å²) in [6.45, 7) is 0.439. The van der Waals surface area contributed by atoms with E-state index < -0.39 is 6.10 Å². The molecule has 1 aromatic heterocycles. The molecule has 1 amide bonds. The molecule has 0 radical (unpaired) electrons. The molecule has 1 aliphatic heterocycles. The smallest absolute Gasteiger partial charge is 0.261 e. The Labute approximate surface area is 131 Å². The van der Waals surface area contributed by atoms with Crippen molar-refractivity contribution in [3.05, 3.63) is 59.1 Å². The van der Waals surface area contributed by atoms with Crippen LogP contribution in [0.25, 0.3) is 10.2 Å². The zero-order valence-electron chi connectivity index (χ0n) is 11.8. The average Bonchev–Trinajstić information content (AvgIpc) is 3.15. The molecule has 5 heteroatoms. The summed E-state index contributed by atoms with van der Waals surface area (Å²) >= 11 is 1.60. The molecule has 0 aliphatic carbocycles. The van der Waals surface area contributed by atoms with Crippen molar-refractivity contribution in [2.45, 2.75) is 19.1 Å². The van der Waals surface area contributed by atoms with E-state index in [4.69, 9.17) is 4.74 Å². The molecule has 1 unspecified atom stereocenters. The van der Waals surface area contributed by atoms with Crippen LogP contribution >= 0.6 is 11.3 Å². The minimum atomic E-state index is -0.438. The number of thiazole rings is 1. The molecular weight excluding hydrogens is 296 g/mol. The maximum atomic E-state index is 12.2. The fourth-order valence-corrected chi connectivity index (χ4v) is 3.51. The van der Waals surface area contributed by atoms with Crippen LogP contribution in [0.2, 0.25) is 0 Å². The van der Waals surface area contributed by atoms with E-state index in [1.807, 2.05) is 48.5 Å². The first-order chi connectivity index (χ1) is 10.8. The number of aromatic nitrogens is 1. The van der Waals surface area contributed by atoms with Gasteiger partial charge in [0.05, 0.1) is 16.8 Å². The van der Waals surface area contributed by atoms with Gasteiger partial charge in [-0.2, -0.15) is 0 Å². The van der Waals surface area contributed by atoms with Crippen molar-refractivity contribution in [3.8, 4) is 5.75 Å². The van der Waals surface area contributed by atoms with Crippen molar-refractivity contribution in [3.63, 3.8) is 0 Å². The van der Waals surface area contributed by atoms with Gasteiger partial charge in [0.2, 0.25) is 0 Å². The Kier molecular flexibility index (Phi) is 3.27. The van der Waals surface area contributed by atoms with Crippen LogP contribution in [0.1, 0.15) is 10.6 Å². The van der Waals surface area contributed by atoms with Crippen LogP contribution in [0, 0.1) is 0 Å². The second kappa shape index (κ2) is 5.42. The predicted octanol–water partition coefficient (Wildman–Crippen LogP) is 2.92. The highest BCUT2D eigenvalue weighted by Gasteiger charge is 2.28. The molecule has 0 spiro atoms. The van der Waals surface area contributed by atoms with Gasteiger partial charge >= 0.3 is 0 Å². The summed E-state index contributed by atoms with van der Waals surface area (Å²) in [5.74, 6) is 0.720. The van der Waals surface area contributed by atoms with Crippen molar-refractivity contribution in [2.24, 2.45) is 0 Å². The predicted molar refractivity (Wildman–Crippen MR) is 86.0 cm³/mol. The summed E-state index contributed by atoms with van der Waals surface area (Å²) in [5, 5.41) is 3.83. The van der Waals surface area contributed by atoms with E-state index in [2.05, 4.69) is 10.3 Å². The molecule has 4 nitrogen and oxygen atoms in total. The lowest BCUT2D eigenvalue weighted by molar-refractivity contribution is -0.127. The second-order valence-electron chi connectivity index (χ2n) is 5.21. The number of benzene rings is 2. The van der Waals surface area contributed by atoms with E-state index in [9.17, 15) is 4.79 Å². The van der Waals surface area contributed by atoms with Gasteiger partial charge in [0.1, 0.15) is 10.8 Å². The molecule has 1 N–H and O–H groups in total. The molecule has 3 aromatic rings. The van der Waals surface area contributed by atoms with Crippen LogP contribution in [-0.2, 0) is 17.8 Å². The van der Waals surface area contributed by atoms with Gasteiger partial charge in [0.25, 0.3) is 5.91 Å². The van der Waals surface area contributed by atoms with Gasteiger partial charge in [-0.3, -0.25) is 4.79 Å². The first-order valence-corrected chi connectivity index (χ1v) is 7.98. The molecule has 2 aromatic carbocycles. The number of amides is 1. The Balaban J connectivity index is 1.41. The molecule has 1 atom stereocenters. The summed E-state index contributed by atoms with van der Waals surface area (Å²) in [5.41, 5.74) is 2.06. The second-order valence-corrected chi connectivity index (χ2v) is 6.33. The van der Waals surface area contributed by atoms with Gasteiger partial charge in [-0.15, -0.1) is 11.3 Å². The van der Waals surface area contributed by atoms with Crippen LogP contribution in [0.15, 0.2) is 48.5 Å². The monoisotopic (exact) mass is 310 g/mol. The molecule has 0 fully saturated rings. The maximum absolute atomic E-state index is 12.2. The van der Waals surface area contributed by atoms with Crippen molar-refractivity contribution in [1.29, 1.82) is 0 Å². The van der Waals surface area contributed by atoms with E-state index in [-0.39, 0.29) is 5.91 Å². The molecular formula is C17H14N2O2S. The summed E-state index contributed by atoms with van der Waals surface area (Å²) in [6, 6.07) is 15.7. The molecule has 1 aliphatic rings. The number of hydrogen-bond donors (Lipinski definition) is 1. The molecule has 0 bridgehead atoms. The number of rotatable bonds is 3.